The van der Waals surface area contributed by atoms with Crippen LogP contribution in [-0.4, -0.2) is 64.1 Å². The number of anilines is 2. The van der Waals surface area contributed by atoms with Crippen LogP contribution in [0.3, 0.4) is 0 Å². The lowest BCUT2D eigenvalue weighted by Crippen LogP contribution is -2.32. The molecule has 0 aliphatic carbocycles. The van der Waals surface area contributed by atoms with Crippen molar-refractivity contribution < 1.29 is 13.3 Å². The lowest BCUT2D eigenvalue weighted by atomic mass is 10.1. The highest BCUT2D eigenvalue weighted by molar-refractivity contribution is 7.89. The van der Waals surface area contributed by atoms with Gasteiger partial charge < -0.3 is 9.80 Å². The number of nitro groups is 1. The molecular formula is C24H31N5O4S. The second kappa shape index (κ2) is 10.1. The van der Waals surface area contributed by atoms with E-state index in [2.05, 4.69) is 9.89 Å². The van der Waals surface area contributed by atoms with Crippen LogP contribution in [0, 0.1) is 10.1 Å². The number of piperidine rings is 1. The number of benzene rings is 2. The molecule has 2 aliphatic heterocycles. The fraction of sp³-hybridized carbons (Fsp3) is 0.458. The number of sulfonamides is 1. The zero-order valence-electron chi connectivity index (χ0n) is 19.7. The maximum absolute atomic E-state index is 13.1. The number of nitrogens with zero attached hydrogens (tertiary/aromatic N) is 5. The molecule has 0 spiro atoms. The third kappa shape index (κ3) is 5.07. The van der Waals surface area contributed by atoms with Crippen LogP contribution in [0.25, 0.3) is 0 Å². The van der Waals surface area contributed by atoms with Crippen molar-refractivity contribution in [2.24, 2.45) is 4.99 Å². The molecule has 2 fully saturated rings. The van der Waals surface area contributed by atoms with Crippen LogP contribution in [0.4, 0.5) is 22.7 Å². The molecule has 182 valence electrons. The van der Waals surface area contributed by atoms with E-state index in [1.165, 1.54) is 24.5 Å². The van der Waals surface area contributed by atoms with E-state index in [1.54, 1.807) is 24.4 Å². The molecule has 4 rings (SSSR count). The van der Waals surface area contributed by atoms with Gasteiger partial charge >= 0.3 is 0 Å². The van der Waals surface area contributed by atoms with Gasteiger partial charge in [0.05, 0.1) is 16.3 Å². The quantitative estimate of drug-likeness (QED) is 0.331. The van der Waals surface area contributed by atoms with Gasteiger partial charge in [-0.05, 0) is 61.9 Å². The van der Waals surface area contributed by atoms with Gasteiger partial charge in [0.2, 0.25) is 10.0 Å². The van der Waals surface area contributed by atoms with E-state index < -0.39 is 10.0 Å². The first-order valence-electron chi connectivity index (χ1n) is 11.7. The Hall–Kier alpha value is -2.98. The molecule has 34 heavy (non-hydrogen) atoms. The smallest absolute Gasteiger partial charge is 0.293 e. The van der Waals surface area contributed by atoms with Gasteiger partial charge in [-0.2, -0.15) is 0 Å². The molecule has 0 N–H and O–H groups in total. The van der Waals surface area contributed by atoms with E-state index in [-0.39, 0.29) is 15.5 Å². The Bertz CT molecular complexity index is 1180. The zero-order valence-corrected chi connectivity index (χ0v) is 20.5. The average molecular weight is 486 g/mol. The number of hydrogen-bond acceptors (Lipinski definition) is 7. The monoisotopic (exact) mass is 485 g/mol. The minimum atomic E-state index is -3.67. The van der Waals surface area contributed by atoms with Crippen LogP contribution in [0.15, 0.2) is 46.3 Å². The summed E-state index contributed by atoms with van der Waals surface area (Å²) >= 11 is 0. The predicted octanol–water partition coefficient (Wildman–Crippen LogP) is 4.19. The third-order valence-electron chi connectivity index (χ3n) is 6.40. The molecule has 2 saturated heterocycles. The van der Waals surface area contributed by atoms with Gasteiger partial charge in [-0.15, -0.1) is 0 Å². The Balaban J connectivity index is 1.66. The van der Waals surface area contributed by atoms with E-state index >= 15 is 0 Å². The fourth-order valence-corrected chi connectivity index (χ4v) is 5.65. The van der Waals surface area contributed by atoms with Crippen molar-refractivity contribution in [1.29, 1.82) is 0 Å². The van der Waals surface area contributed by atoms with Crippen LogP contribution in [0.1, 0.15) is 37.7 Å². The fourth-order valence-electron chi connectivity index (χ4n) is 4.52. The maximum atomic E-state index is 13.1. The predicted molar refractivity (Wildman–Crippen MR) is 135 cm³/mol. The van der Waals surface area contributed by atoms with Gasteiger partial charge in [0.1, 0.15) is 10.6 Å². The van der Waals surface area contributed by atoms with Crippen molar-refractivity contribution in [2.45, 2.75) is 37.0 Å². The summed E-state index contributed by atoms with van der Waals surface area (Å²) in [5.41, 5.74) is 2.45. The molecule has 2 heterocycles. The molecule has 0 saturated carbocycles. The van der Waals surface area contributed by atoms with Gasteiger partial charge in [0, 0.05) is 52.6 Å². The summed E-state index contributed by atoms with van der Waals surface area (Å²) in [5.74, 6) is 0. The van der Waals surface area contributed by atoms with Crippen LogP contribution < -0.4 is 9.80 Å². The molecule has 0 amide bonds. The lowest BCUT2D eigenvalue weighted by Gasteiger charge is -2.31. The summed E-state index contributed by atoms with van der Waals surface area (Å²) in [6.45, 7) is 3.29. The minimum absolute atomic E-state index is 0.0576. The summed E-state index contributed by atoms with van der Waals surface area (Å²) in [6, 6.07) is 10.3. The molecule has 0 atom stereocenters. The SMILES string of the molecule is CN(C)S(=O)(=O)c1cc(N=Cc2ccc(N3CCCC3)c([N+](=O)[O-])c2)ccc1N1CCCCC1. The molecule has 2 aromatic rings. The van der Waals surface area contributed by atoms with Crippen molar-refractivity contribution in [3.05, 3.63) is 52.1 Å². The highest BCUT2D eigenvalue weighted by Gasteiger charge is 2.26. The van der Waals surface area contributed by atoms with Crippen molar-refractivity contribution in [1.82, 2.24) is 4.31 Å². The van der Waals surface area contributed by atoms with E-state index in [4.69, 9.17) is 0 Å². The van der Waals surface area contributed by atoms with Gasteiger partial charge in [-0.25, -0.2) is 12.7 Å². The van der Waals surface area contributed by atoms with Crippen molar-refractivity contribution in [3.8, 4) is 0 Å². The van der Waals surface area contributed by atoms with Crippen LogP contribution in [0.2, 0.25) is 0 Å². The highest BCUT2D eigenvalue weighted by Crippen LogP contribution is 2.34. The first kappa shape index (κ1) is 24.2. The average Bonchev–Trinajstić information content (AvgIpc) is 3.37. The summed E-state index contributed by atoms with van der Waals surface area (Å²) in [6.07, 6.45) is 6.83. The second-order valence-electron chi connectivity index (χ2n) is 8.94. The molecule has 0 aromatic heterocycles. The standard InChI is InChI=1S/C24H31N5O4S/c1-26(2)34(32,33)24-17-20(9-11-22(24)28-12-4-3-5-13-28)25-18-19-8-10-21(23(16-19)29(30)31)27-14-6-7-15-27/h8-11,16-18H,3-7,12-15H2,1-2H3. The molecule has 0 radical (unpaired) electrons. The molecule has 10 heteroatoms. The van der Waals surface area contributed by atoms with Gasteiger partial charge in [-0.3, -0.25) is 15.1 Å². The topological polar surface area (TPSA) is 99.4 Å². The van der Waals surface area contributed by atoms with Gasteiger partial charge in [0.15, 0.2) is 0 Å². The van der Waals surface area contributed by atoms with Gasteiger partial charge in [-0.1, -0.05) is 6.07 Å². The Kier molecular flexibility index (Phi) is 7.18. The van der Waals surface area contributed by atoms with E-state index in [9.17, 15) is 18.5 Å². The number of hydrogen-bond donors (Lipinski definition) is 0. The van der Waals surface area contributed by atoms with E-state index in [0.717, 1.165) is 58.3 Å². The number of rotatable bonds is 7. The van der Waals surface area contributed by atoms with E-state index in [1.807, 2.05) is 17.0 Å². The molecule has 2 aliphatic rings. The Morgan fingerprint density at radius 1 is 0.912 bits per heavy atom. The van der Waals surface area contributed by atoms with Crippen LogP contribution >= 0.6 is 0 Å². The Labute approximate surface area is 200 Å². The molecule has 9 nitrogen and oxygen atoms in total. The highest BCUT2D eigenvalue weighted by atomic mass is 32.2. The maximum Gasteiger partial charge on any atom is 0.293 e. The number of nitro benzene ring substituents is 1. The summed E-state index contributed by atoms with van der Waals surface area (Å²) < 4.78 is 27.4. The molecule has 2 aromatic carbocycles. The van der Waals surface area contributed by atoms with Crippen LogP contribution in [0.5, 0.6) is 0 Å². The number of aliphatic imine (C=N–C) groups is 1. The van der Waals surface area contributed by atoms with Crippen molar-refractivity contribution in [3.63, 3.8) is 0 Å². The zero-order chi connectivity index (χ0) is 24.3. The lowest BCUT2D eigenvalue weighted by molar-refractivity contribution is -0.384. The van der Waals surface area contributed by atoms with Crippen molar-refractivity contribution in [2.75, 3.05) is 50.1 Å². The second-order valence-corrected chi connectivity index (χ2v) is 11.1. The normalized spacial score (nSPS) is 17.1. The summed E-state index contributed by atoms with van der Waals surface area (Å²) in [5, 5.41) is 11.7. The summed E-state index contributed by atoms with van der Waals surface area (Å²) in [7, 11) is -0.632. The first-order valence-corrected chi connectivity index (χ1v) is 13.1. The minimum Gasteiger partial charge on any atom is -0.370 e. The van der Waals surface area contributed by atoms with Crippen LogP contribution in [-0.2, 0) is 10.0 Å². The van der Waals surface area contributed by atoms with Crippen molar-refractivity contribution >= 4 is 39.0 Å². The Morgan fingerprint density at radius 2 is 1.50 bits per heavy atom. The molecule has 0 unspecified atom stereocenters. The van der Waals surface area contributed by atoms with Gasteiger partial charge in [0.25, 0.3) is 5.69 Å². The first-order chi connectivity index (χ1) is 16.3. The largest absolute Gasteiger partial charge is 0.370 e. The van der Waals surface area contributed by atoms with E-state index in [0.29, 0.717) is 22.6 Å². The Morgan fingerprint density at radius 3 is 2.12 bits per heavy atom. The molecule has 0 bridgehead atoms. The molecular weight excluding hydrogens is 454 g/mol. The summed E-state index contributed by atoms with van der Waals surface area (Å²) in [4.78, 5) is 20.2. The third-order valence-corrected chi connectivity index (χ3v) is 8.25.